The lowest BCUT2D eigenvalue weighted by Crippen LogP contribution is -2.43. The van der Waals surface area contributed by atoms with Crippen molar-refractivity contribution in [2.24, 2.45) is 10.3 Å². The third kappa shape index (κ3) is 3.33. The zero-order valence-electron chi connectivity index (χ0n) is 16.0. The van der Waals surface area contributed by atoms with Gasteiger partial charge in [-0.25, -0.2) is 9.29 Å². The Labute approximate surface area is 175 Å². The third-order valence-electron chi connectivity index (χ3n) is 5.06. The molecule has 3 aliphatic heterocycles. The van der Waals surface area contributed by atoms with Crippen LogP contribution in [0.2, 0.25) is 0 Å². The minimum atomic E-state index is -1.04. The second-order valence-electron chi connectivity index (χ2n) is 7.09. The molecule has 11 heteroatoms. The fourth-order valence-corrected chi connectivity index (χ4v) is 3.69. The van der Waals surface area contributed by atoms with E-state index in [1.165, 1.54) is 24.3 Å². The van der Waals surface area contributed by atoms with Gasteiger partial charge in [0.25, 0.3) is 11.8 Å². The van der Waals surface area contributed by atoms with Gasteiger partial charge in [-0.3, -0.25) is 19.4 Å². The van der Waals surface area contributed by atoms with Crippen LogP contribution in [0.15, 0.2) is 52.8 Å². The summed E-state index contributed by atoms with van der Waals surface area (Å²) in [7, 11) is 0. The maximum Gasteiger partial charge on any atom is 0.263 e. The zero-order valence-corrected chi connectivity index (χ0v) is 16.0. The van der Waals surface area contributed by atoms with Gasteiger partial charge in [0.05, 0.1) is 5.69 Å². The number of benzene rings is 2. The zero-order chi connectivity index (χ0) is 21.5. The number of amides is 3. The SMILES string of the molecule is O=C(CN1N=N[C@@H]2C(=O)N(c3ccc4c(c3)OCCO4)C(=O)[C@@H]21)Nc1cccc(F)c1. The molecule has 2 aromatic rings. The molecule has 0 unspecified atom stereocenters. The average Bonchev–Trinajstić information content (AvgIpc) is 3.27. The van der Waals surface area contributed by atoms with E-state index in [1.807, 2.05) is 0 Å². The lowest BCUT2D eigenvalue weighted by molar-refractivity contribution is -0.123. The predicted molar refractivity (Wildman–Crippen MR) is 104 cm³/mol. The molecule has 1 N–H and O–H groups in total. The lowest BCUT2D eigenvalue weighted by Gasteiger charge is -2.22. The molecule has 3 aliphatic rings. The number of anilines is 2. The molecule has 1 saturated heterocycles. The summed E-state index contributed by atoms with van der Waals surface area (Å²) in [5, 5.41) is 11.4. The van der Waals surface area contributed by atoms with Gasteiger partial charge in [-0.1, -0.05) is 11.3 Å². The predicted octanol–water partition coefficient (Wildman–Crippen LogP) is 1.53. The van der Waals surface area contributed by atoms with Gasteiger partial charge in [0.15, 0.2) is 23.6 Å². The Hall–Kier alpha value is -4.02. The second-order valence-corrected chi connectivity index (χ2v) is 7.09. The quantitative estimate of drug-likeness (QED) is 0.744. The highest BCUT2D eigenvalue weighted by Gasteiger charge is 2.55. The molecule has 158 valence electrons. The number of ether oxygens (including phenoxy) is 2. The molecular weight excluding hydrogens is 409 g/mol. The fraction of sp³-hybridized carbons (Fsp3) is 0.250. The number of imide groups is 1. The monoisotopic (exact) mass is 425 g/mol. The fourth-order valence-electron chi connectivity index (χ4n) is 3.69. The Bertz CT molecular complexity index is 1120. The molecule has 1 fully saturated rings. The summed E-state index contributed by atoms with van der Waals surface area (Å²) in [6, 6.07) is 8.12. The highest BCUT2D eigenvalue weighted by Crippen LogP contribution is 2.37. The van der Waals surface area contributed by atoms with Gasteiger partial charge >= 0.3 is 0 Å². The van der Waals surface area contributed by atoms with E-state index in [2.05, 4.69) is 15.7 Å². The number of nitrogens with one attached hydrogen (secondary N) is 1. The number of carbonyl (C=O) groups excluding carboxylic acids is 3. The molecular formula is C20H16FN5O5. The first-order valence-corrected chi connectivity index (χ1v) is 9.51. The van der Waals surface area contributed by atoms with E-state index in [-0.39, 0.29) is 12.2 Å². The van der Waals surface area contributed by atoms with Crippen LogP contribution in [0.25, 0.3) is 0 Å². The maximum atomic E-state index is 13.3. The Morgan fingerprint density at radius 1 is 1.10 bits per heavy atom. The number of nitrogens with zero attached hydrogens (tertiary/aromatic N) is 4. The van der Waals surface area contributed by atoms with Crippen LogP contribution in [0.5, 0.6) is 11.5 Å². The number of carbonyl (C=O) groups is 3. The van der Waals surface area contributed by atoms with Crippen LogP contribution in [0.3, 0.4) is 0 Å². The minimum absolute atomic E-state index is 0.268. The van der Waals surface area contributed by atoms with E-state index < -0.39 is 35.6 Å². The third-order valence-corrected chi connectivity index (χ3v) is 5.06. The smallest absolute Gasteiger partial charge is 0.263 e. The Balaban J connectivity index is 1.32. The van der Waals surface area contributed by atoms with E-state index in [1.54, 1.807) is 18.2 Å². The highest BCUT2D eigenvalue weighted by atomic mass is 19.1. The molecule has 5 rings (SSSR count). The first-order chi connectivity index (χ1) is 15.0. The number of hydrogen-bond acceptors (Lipinski definition) is 8. The van der Waals surface area contributed by atoms with Crippen molar-refractivity contribution in [3.05, 3.63) is 48.3 Å². The van der Waals surface area contributed by atoms with Crippen LogP contribution in [0.4, 0.5) is 15.8 Å². The van der Waals surface area contributed by atoms with Crippen molar-refractivity contribution in [1.29, 1.82) is 0 Å². The average molecular weight is 425 g/mol. The van der Waals surface area contributed by atoms with Crippen LogP contribution in [0, 0.1) is 5.82 Å². The van der Waals surface area contributed by atoms with Gasteiger partial charge in [0.2, 0.25) is 5.91 Å². The molecule has 0 saturated carbocycles. The van der Waals surface area contributed by atoms with Gasteiger partial charge in [-0.2, -0.15) is 5.11 Å². The van der Waals surface area contributed by atoms with Crippen LogP contribution < -0.4 is 19.7 Å². The molecule has 0 bridgehead atoms. The molecule has 0 radical (unpaired) electrons. The van der Waals surface area contributed by atoms with Crippen molar-refractivity contribution in [3.63, 3.8) is 0 Å². The van der Waals surface area contributed by atoms with Crippen LogP contribution in [0.1, 0.15) is 0 Å². The van der Waals surface area contributed by atoms with E-state index >= 15 is 0 Å². The van der Waals surface area contributed by atoms with Gasteiger partial charge in [0.1, 0.15) is 25.6 Å². The summed E-state index contributed by atoms with van der Waals surface area (Å²) >= 11 is 0. The van der Waals surface area contributed by atoms with Gasteiger partial charge in [-0.15, -0.1) is 0 Å². The van der Waals surface area contributed by atoms with E-state index in [4.69, 9.17) is 9.47 Å². The Morgan fingerprint density at radius 2 is 1.90 bits per heavy atom. The van der Waals surface area contributed by atoms with Gasteiger partial charge in [0, 0.05) is 11.8 Å². The number of fused-ring (bicyclic) bond motifs is 2. The summed E-state index contributed by atoms with van der Waals surface area (Å²) in [6.45, 7) is 0.465. The van der Waals surface area contributed by atoms with Crippen molar-refractivity contribution in [2.45, 2.75) is 12.1 Å². The standard InChI is InChI=1S/C20H16FN5O5/c21-11-2-1-3-12(8-11)22-16(27)10-25-18-17(23-24-25)19(28)26(20(18)29)13-4-5-14-15(9-13)31-7-6-30-14/h1-5,8-9,17-18H,6-7,10H2,(H,22,27)/t17-,18+/m0/s1. The van der Waals surface area contributed by atoms with Crippen molar-refractivity contribution in [1.82, 2.24) is 5.01 Å². The van der Waals surface area contributed by atoms with E-state index in [0.717, 1.165) is 9.91 Å². The molecule has 2 aromatic carbocycles. The molecule has 0 aliphatic carbocycles. The minimum Gasteiger partial charge on any atom is -0.486 e. The number of rotatable bonds is 4. The highest BCUT2D eigenvalue weighted by molar-refractivity contribution is 6.25. The topological polar surface area (TPSA) is 113 Å². The summed E-state index contributed by atoms with van der Waals surface area (Å²) < 4.78 is 24.3. The van der Waals surface area contributed by atoms with E-state index in [0.29, 0.717) is 30.4 Å². The summed E-state index contributed by atoms with van der Waals surface area (Å²) in [5.41, 5.74) is 0.595. The molecule has 10 nitrogen and oxygen atoms in total. The molecule has 0 aromatic heterocycles. The molecule has 2 atom stereocenters. The first kappa shape index (κ1) is 19.0. The largest absolute Gasteiger partial charge is 0.486 e. The van der Waals surface area contributed by atoms with Crippen molar-refractivity contribution in [2.75, 3.05) is 30.0 Å². The Morgan fingerprint density at radius 3 is 2.71 bits per heavy atom. The summed E-state index contributed by atoms with van der Waals surface area (Å²) in [4.78, 5) is 39.3. The van der Waals surface area contributed by atoms with Crippen LogP contribution in [-0.4, -0.2) is 54.6 Å². The lowest BCUT2D eigenvalue weighted by atomic mass is 10.1. The van der Waals surface area contributed by atoms with Crippen molar-refractivity contribution in [3.8, 4) is 11.5 Å². The van der Waals surface area contributed by atoms with Crippen molar-refractivity contribution < 1.29 is 28.2 Å². The number of hydrogen-bond donors (Lipinski definition) is 1. The maximum absolute atomic E-state index is 13.3. The van der Waals surface area contributed by atoms with Crippen LogP contribution in [-0.2, 0) is 14.4 Å². The van der Waals surface area contributed by atoms with Crippen LogP contribution >= 0.6 is 0 Å². The van der Waals surface area contributed by atoms with Gasteiger partial charge < -0.3 is 14.8 Å². The van der Waals surface area contributed by atoms with Crippen molar-refractivity contribution >= 4 is 29.1 Å². The van der Waals surface area contributed by atoms with Gasteiger partial charge in [-0.05, 0) is 30.3 Å². The molecule has 3 heterocycles. The summed E-state index contributed by atoms with van der Waals surface area (Å²) in [6.07, 6.45) is 0. The first-order valence-electron chi connectivity index (χ1n) is 9.51. The summed E-state index contributed by atoms with van der Waals surface area (Å²) in [5.74, 6) is -1.13. The molecule has 31 heavy (non-hydrogen) atoms. The molecule has 0 spiro atoms. The normalized spacial score (nSPS) is 21.5. The van der Waals surface area contributed by atoms with E-state index in [9.17, 15) is 18.8 Å². The molecule has 3 amide bonds. The Kier molecular flexibility index (Phi) is 4.50. The second kappa shape index (κ2) is 7.35. The number of halogens is 1.